The van der Waals surface area contributed by atoms with E-state index in [1.807, 2.05) is 36.4 Å². The van der Waals surface area contributed by atoms with E-state index < -0.39 is 0 Å². The maximum Gasteiger partial charge on any atom is 0.315 e. The Hall–Kier alpha value is -2.49. The van der Waals surface area contributed by atoms with E-state index in [4.69, 9.17) is 4.74 Å². The van der Waals surface area contributed by atoms with Crippen LogP contribution < -0.4 is 15.4 Å². The second-order valence-corrected chi connectivity index (χ2v) is 5.90. The van der Waals surface area contributed by atoms with Crippen molar-refractivity contribution in [2.45, 2.75) is 25.8 Å². The summed E-state index contributed by atoms with van der Waals surface area (Å²) < 4.78 is 5.68. The Labute approximate surface area is 136 Å². The van der Waals surface area contributed by atoms with Gasteiger partial charge in [0.25, 0.3) is 0 Å². The molecule has 4 nitrogen and oxygen atoms in total. The summed E-state index contributed by atoms with van der Waals surface area (Å²) in [5, 5.41) is 5.91. The van der Waals surface area contributed by atoms with Gasteiger partial charge in [-0.2, -0.15) is 0 Å². The van der Waals surface area contributed by atoms with Gasteiger partial charge in [-0.1, -0.05) is 42.5 Å². The van der Waals surface area contributed by atoms with Gasteiger partial charge < -0.3 is 15.4 Å². The van der Waals surface area contributed by atoms with E-state index in [1.165, 1.54) is 11.1 Å². The van der Waals surface area contributed by atoms with Gasteiger partial charge >= 0.3 is 6.03 Å². The molecule has 2 aromatic carbocycles. The third-order valence-electron chi connectivity index (χ3n) is 4.16. The number of carbonyl (C=O) groups excluding carboxylic acids is 1. The molecule has 0 fully saturated rings. The average molecular weight is 310 g/mol. The van der Waals surface area contributed by atoms with Gasteiger partial charge in [0, 0.05) is 6.54 Å². The first-order chi connectivity index (χ1) is 11.2. The van der Waals surface area contributed by atoms with E-state index in [2.05, 4.69) is 29.7 Å². The Kier molecular flexibility index (Phi) is 4.81. The predicted octanol–water partition coefficient (Wildman–Crippen LogP) is 2.84. The fourth-order valence-electron chi connectivity index (χ4n) is 2.86. The second kappa shape index (κ2) is 7.18. The zero-order chi connectivity index (χ0) is 16.1. The third kappa shape index (κ3) is 4.03. The molecule has 0 aliphatic carbocycles. The number of benzene rings is 2. The van der Waals surface area contributed by atoms with Crippen molar-refractivity contribution in [1.82, 2.24) is 10.6 Å². The highest BCUT2D eigenvalue weighted by molar-refractivity contribution is 5.74. The van der Waals surface area contributed by atoms with Crippen LogP contribution in [0.25, 0.3) is 0 Å². The number of nitrogens with one attached hydrogen (secondary N) is 2. The Morgan fingerprint density at radius 3 is 2.83 bits per heavy atom. The number of rotatable bonds is 4. The SMILES string of the molecule is Cc1ccccc1CCNC(=O)N[C@H]1COc2ccccc2C1. The normalized spacial score (nSPS) is 16.1. The lowest BCUT2D eigenvalue weighted by atomic mass is 10.0. The molecule has 3 rings (SSSR count). The molecule has 1 aliphatic heterocycles. The summed E-state index contributed by atoms with van der Waals surface area (Å²) in [6.45, 7) is 3.23. The molecule has 120 valence electrons. The maximum atomic E-state index is 12.0. The maximum absolute atomic E-state index is 12.0. The summed E-state index contributed by atoms with van der Waals surface area (Å²) in [5.41, 5.74) is 3.67. The van der Waals surface area contributed by atoms with Crippen molar-refractivity contribution in [3.63, 3.8) is 0 Å². The molecule has 2 aromatic rings. The van der Waals surface area contributed by atoms with Crippen LogP contribution in [0.3, 0.4) is 0 Å². The van der Waals surface area contributed by atoms with Crippen LogP contribution >= 0.6 is 0 Å². The van der Waals surface area contributed by atoms with Crippen molar-refractivity contribution in [1.29, 1.82) is 0 Å². The topological polar surface area (TPSA) is 50.4 Å². The monoisotopic (exact) mass is 310 g/mol. The van der Waals surface area contributed by atoms with Crippen LogP contribution in [-0.4, -0.2) is 25.2 Å². The van der Waals surface area contributed by atoms with Gasteiger partial charge in [-0.15, -0.1) is 0 Å². The van der Waals surface area contributed by atoms with Crippen LogP contribution in [-0.2, 0) is 12.8 Å². The molecule has 0 radical (unpaired) electrons. The number of amides is 2. The molecule has 2 N–H and O–H groups in total. The zero-order valence-corrected chi connectivity index (χ0v) is 13.3. The lowest BCUT2D eigenvalue weighted by Crippen LogP contribution is -2.47. The van der Waals surface area contributed by atoms with Crippen LogP contribution in [0.5, 0.6) is 5.75 Å². The minimum absolute atomic E-state index is 0.0170. The minimum Gasteiger partial charge on any atom is -0.491 e. The van der Waals surface area contributed by atoms with Gasteiger partial charge in [0.1, 0.15) is 12.4 Å². The van der Waals surface area contributed by atoms with Crippen LogP contribution in [0.4, 0.5) is 4.79 Å². The fraction of sp³-hybridized carbons (Fsp3) is 0.316. The number of ether oxygens (including phenoxy) is 1. The van der Waals surface area contributed by atoms with Gasteiger partial charge in [-0.25, -0.2) is 4.79 Å². The van der Waals surface area contributed by atoms with E-state index in [0.29, 0.717) is 13.2 Å². The quantitative estimate of drug-likeness (QED) is 0.912. The van der Waals surface area contributed by atoms with Crippen molar-refractivity contribution < 1.29 is 9.53 Å². The molecule has 1 atom stereocenters. The summed E-state index contributed by atoms with van der Waals surface area (Å²) in [5.74, 6) is 0.922. The van der Waals surface area contributed by atoms with E-state index in [-0.39, 0.29) is 12.1 Å². The first kappa shape index (κ1) is 15.4. The fourth-order valence-corrected chi connectivity index (χ4v) is 2.86. The van der Waals surface area contributed by atoms with E-state index in [1.54, 1.807) is 0 Å². The number of para-hydroxylation sites is 1. The van der Waals surface area contributed by atoms with E-state index in [9.17, 15) is 4.79 Å². The Morgan fingerprint density at radius 1 is 1.17 bits per heavy atom. The largest absolute Gasteiger partial charge is 0.491 e. The van der Waals surface area contributed by atoms with Crippen LogP contribution in [0, 0.1) is 6.92 Å². The third-order valence-corrected chi connectivity index (χ3v) is 4.16. The smallest absolute Gasteiger partial charge is 0.315 e. The van der Waals surface area contributed by atoms with Gasteiger partial charge in [0.2, 0.25) is 0 Å². The van der Waals surface area contributed by atoms with Crippen molar-refractivity contribution in [3.8, 4) is 5.75 Å². The van der Waals surface area contributed by atoms with Gasteiger partial charge in [0.05, 0.1) is 6.04 Å². The summed E-state index contributed by atoms with van der Waals surface area (Å²) in [4.78, 5) is 12.0. The molecule has 1 heterocycles. The molecule has 23 heavy (non-hydrogen) atoms. The number of carbonyl (C=O) groups is 1. The van der Waals surface area contributed by atoms with Gasteiger partial charge in [-0.05, 0) is 42.5 Å². The van der Waals surface area contributed by atoms with Gasteiger partial charge in [0.15, 0.2) is 0 Å². The first-order valence-corrected chi connectivity index (χ1v) is 8.02. The lowest BCUT2D eigenvalue weighted by molar-refractivity contribution is 0.214. The molecule has 0 unspecified atom stereocenters. The highest BCUT2D eigenvalue weighted by Gasteiger charge is 2.20. The molecule has 1 aliphatic rings. The molecule has 0 saturated carbocycles. The number of aryl methyl sites for hydroxylation is 1. The molecule has 0 aromatic heterocycles. The van der Waals surface area contributed by atoms with Crippen molar-refractivity contribution in [2.24, 2.45) is 0 Å². The molecule has 0 spiro atoms. The Balaban J connectivity index is 1.44. The standard InChI is InChI=1S/C19H22N2O2/c1-14-6-2-3-7-15(14)10-11-20-19(22)21-17-12-16-8-4-5-9-18(16)23-13-17/h2-9,17H,10-13H2,1H3,(H2,20,21,22)/t17-/m1/s1. The molecular weight excluding hydrogens is 288 g/mol. The number of hydrogen-bond donors (Lipinski definition) is 2. The number of fused-ring (bicyclic) bond motifs is 1. The van der Waals surface area contributed by atoms with Crippen LogP contribution in [0.2, 0.25) is 0 Å². The minimum atomic E-state index is -0.133. The lowest BCUT2D eigenvalue weighted by Gasteiger charge is -2.26. The summed E-state index contributed by atoms with van der Waals surface area (Å²) in [6, 6.07) is 16.1. The van der Waals surface area contributed by atoms with E-state index in [0.717, 1.165) is 24.2 Å². The molecule has 0 bridgehead atoms. The Bertz CT molecular complexity index is 685. The van der Waals surface area contributed by atoms with Crippen LogP contribution in [0.15, 0.2) is 48.5 Å². The number of urea groups is 1. The molecule has 0 saturated heterocycles. The first-order valence-electron chi connectivity index (χ1n) is 8.02. The second-order valence-electron chi connectivity index (χ2n) is 5.90. The molecule has 2 amide bonds. The van der Waals surface area contributed by atoms with Crippen molar-refractivity contribution in [2.75, 3.05) is 13.2 Å². The van der Waals surface area contributed by atoms with Crippen LogP contribution in [0.1, 0.15) is 16.7 Å². The zero-order valence-electron chi connectivity index (χ0n) is 13.3. The van der Waals surface area contributed by atoms with Gasteiger partial charge in [-0.3, -0.25) is 0 Å². The Morgan fingerprint density at radius 2 is 1.96 bits per heavy atom. The highest BCUT2D eigenvalue weighted by atomic mass is 16.5. The highest BCUT2D eigenvalue weighted by Crippen LogP contribution is 2.23. The summed E-state index contributed by atoms with van der Waals surface area (Å²) in [6.07, 6.45) is 1.64. The van der Waals surface area contributed by atoms with Crippen molar-refractivity contribution in [3.05, 3.63) is 65.2 Å². The number of hydrogen-bond acceptors (Lipinski definition) is 2. The molecule has 4 heteroatoms. The summed E-state index contributed by atoms with van der Waals surface area (Å²) in [7, 11) is 0. The van der Waals surface area contributed by atoms with E-state index >= 15 is 0 Å². The van der Waals surface area contributed by atoms with Crippen molar-refractivity contribution >= 4 is 6.03 Å². The predicted molar refractivity (Wildman–Crippen MR) is 90.8 cm³/mol. The average Bonchev–Trinajstić information content (AvgIpc) is 2.56. The molecular formula is C19H22N2O2. The summed E-state index contributed by atoms with van der Waals surface area (Å²) >= 11 is 0.